The van der Waals surface area contributed by atoms with Crippen LogP contribution in [-0.4, -0.2) is 59.1 Å². The molecule has 0 bridgehead atoms. The summed E-state index contributed by atoms with van der Waals surface area (Å²) in [5.41, 5.74) is 0.683. The van der Waals surface area contributed by atoms with Gasteiger partial charge in [0.25, 0.3) is 11.8 Å². The average molecular weight is 384 g/mol. The lowest BCUT2D eigenvalue weighted by atomic mass is 10.1. The number of nitrogens with zero attached hydrogens (tertiary/aromatic N) is 4. The molecule has 0 unspecified atom stereocenters. The van der Waals surface area contributed by atoms with E-state index in [4.69, 9.17) is 9.26 Å². The quantitative estimate of drug-likeness (QED) is 0.674. The largest absolute Gasteiger partial charge is 0.497 e. The number of methoxy groups -OCH3 is 1. The lowest BCUT2D eigenvalue weighted by Gasteiger charge is -2.34. The third kappa shape index (κ3) is 4.01. The van der Waals surface area contributed by atoms with Crippen LogP contribution in [0.15, 0.2) is 46.3 Å². The van der Waals surface area contributed by atoms with E-state index in [1.165, 1.54) is 0 Å². The average Bonchev–Trinajstić information content (AvgIpc) is 3.40. The van der Waals surface area contributed by atoms with Gasteiger partial charge in [0, 0.05) is 31.7 Å². The fraction of sp³-hybridized carbons (Fsp3) is 0.316. The molecule has 4 rings (SSSR count). The van der Waals surface area contributed by atoms with Crippen LogP contribution in [0.5, 0.6) is 5.75 Å². The van der Waals surface area contributed by atoms with Gasteiger partial charge in [0.2, 0.25) is 0 Å². The van der Waals surface area contributed by atoms with Crippen LogP contribution in [0.1, 0.15) is 16.2 Å². The van der Waals surface area contributed by atoms with Gasteiger partial charge in [-0.25, -0.2) is 0 Å². The number of thiophene rings is 1. The van der Waals surface area contributed by atoms with Crippen molar-refractivity contribution in [2.24, 2.45) is 0 Å². The normalized spacial score (nSPS) is 15.1. The number of amides is 1. The van der Waals surface area contributed by atoms with Gasteiger partial charge in [0.05, 0.1) is 18.5 Å². The summed E-state index contributed by atoms with van der Waals surface area (Å²) in [6.45, 7) is 3.55. The first-order valence-electron chi connectivity index (χ1n) is 8.75. The Labute approximate surface area is 161 Å². The Morgan fingerprint density at radius 3 is 2.63 bits per heavy atom. The lowest BCUT2D eigenvalue weighted by molar-refractivity contribution is 0.0624. The molecule has 0 atom stereocenters. The van der Waals surface area contributed by atoms with Crippen molar-refractivity contribution in [1.82, 2.24) is 19.9 Å². The Bertz CT molecular complexity index is 884. The molecule has 0 N–H and O–H groups in total. The zero-order valence-corrected chi connectivity index (χ0v) is 15.8. The van der Waals surface area contributed by atoms with E-state index >= 15 is 0 Å². The number of ether oxygens (including phenoxy) is 1. The molecule has 1 saturated heterocycles. The third-order valence-electron chi connectivity index (χ3n) is 4.56. The molecule has 3 aromatic rings. The molecule has 7 nitrogen and oxygen atoms in total. The van der Waals surface area contributed by atoms with Crippen molar-refractivity contribution in [2.45, 2.75) is 6.54 Å². The molecular formula is C19H20N4O3S. The highest BCUT2D eigenvalue weighted by Crippen LogP contribution is 2.23. The topological polar surface area (TPSA) is 71.7 Å². The van der Waals surface area contributed by atoms with Gasteiger partial charge in [0.1, 0.15) is 5.75 Å². The number of hydrogen-bond donors (Lipinski definition) is 0. The van der Waals surface area contributed by atoms with Gasteiger partial charge in [-0.1, -0.05) is 11.2 Å². The van der Waals surface area contributed by atoms with Crippen LogP contribution in [0.25, 0.3) is 10.8 Å². The van der Waals surface area contributed by atoms with Gasteiger partial charge in [-0.05, 0) is 35.7 Å². The van der Waals surface area contributed by atoms with E-state index < -0.39 is 0 Å². The van der Waals surface area contributed by atoms with E-state index in [-0.39, 0.29) is 5.91 Å². The minimum atomic E-state index is 0.0526. The molecule has 8 heteroatoms. The number of aromatic nitrogens is 2. The second-order valence-corrected chi connectivity index (χ2v) is 7.24. The summed E-state index contributed by atoms with van der Waals surface area (Å²) in [6, 6.07) is 11.2. The number of carbonyl (C=O) groups is 1. The fourth-order valence-electron chi connectivity index (χ4n) is 3.04. The smallest absolute Gasteiger partial charge is 0.268 e. The second-order valence-electron chi connectivity index (χ2n) is 6.29. The number of piperazine rings is 1. The Balaban J connectivity index is 1.31. The van der Waals surface area contributed by atoms with E-state index in [1.807, 2.05) is 34.5 Å². The summed E-state index contributed by atoms with van der Waals surface area (Å²) >= 11 is 1.58. The van der Waals surface area contributed by atoms with Gasteiger partial charge in [-0.3, -0.25) is 9.69 Å². The standard InChI is InChI=1S/C19H20N4O3S/c1-25-15-6-4-14(5-7-15)19(24)23-10-8-22(9-11-23)13-17-20-18(26-21-17)16-3-2-12-27-16/h2-7,12H,8-11,13H2,1H3. The fourth-order valence-corrected chi connectivity index (χ4v) is 3.69. The van der Waals surface area contributed by atoms with Crippen molar-refractivity contribution < 1.29 is 14.1 Å². The molecule has 0 spiro atoms. The molecule has 27 heavy (non-hydrogen) atoms. The van der Waals surface area contributed by atoms with Gasteiger partial charge >= 0.3 is 0 Å². The van der Waals surface area contributed by atoms with Crippen LogP contribution in [0.2, 0.25) is 0 Å². The van der Waals surface area contributed by atoms with Crippen LogP contribution in [0, 0.1) is 0 Å². The van der Waals surface area contributed by atoms with Crippen molar-refractivity contribution >= 4 is 17.2 Å². The summed E-state index contributed by atoms with van der Waals surface area (Å²) in [5, 5.41) is 6.06. The van der Waals surface area contributed by atoms with Gasteiger partial charge in [0.15, 0.2) is 5.82 Å². The molecule has 3 heterocycles. The molecule has 1 fully saturated rings. The van der Waals surface area contributed by atoms with Crippen molar-refractivity contribution in [3.05, 3.63) is 53.2 Å². The molecule has 1 amide bonds. The lowest BCUT2D eigenvalue weighted by Crippen LogP contribution is -2.48. The van der Waals surface area contributed by atoms with E-state index in [0.29, 0.717) is 36.9 Å². The minimum absolute atomic E-state index is 0.0526. The molecule has 0 saturated carbocycles. The zero-order valence-electron chi connectivity index (χ0n) is 15.0. The van der Waals surface area contributed by atoms with Crippen molar-refractivity contribution in [3.8, 4) is 16.5 Å². The van der Waals surface area contributed by atoms with Crippen LogP contribution in [-0.2, 0) is 6.54 Å². The number of benzene rings is 1. The number of rotatable bonds is 5. The van der Waals surface area contributed by atoms with Crippen molar-refractivity contribution in [1.29, 1.82) is 0 Å². The van der Waals surface area contributed by atoms with Crippen LogP contribution in [0.3, 0.4) is 0 Å². The van der Waals surface area contributed by atoms with Gasteiger partial charge in [-0.2, -0.15) is 4.98 Å². The molecule has 1 aliphatic heterocycles. The highest BCUT2D eigenvalue weighted by molar-refractivity contribution is 7.13. The molecule has 1 aliphatic rings. The highest BCUT2D eigenvalue weighted by atomic mass is 32.1. The number of hydrogen-bond acceptors (Lipinski definition) is 7. The summed E-state index contributed by atoms with van der Waals surface area (Å²) in [5.74, 6) is 2.04. The monoisotopic (exact) mass is 384 g/mol. The molecule has 2 aromatic heterocycles. The highest BCUT2D eigenvalue weighted by Gasteiger charge is 2.23. The van der Waals surface area contributed by atoms with E-state index in [9.17, 15) is 4.79 Å². The first-order valence-corrected chi connectivity index (χ1v) is 9.63. The maximum atomic E-state index is 12.6. The summed E-state index contributed by atoms with van der Waals surface area (Å²) in [4.78, 5) is 22.2. The number of carbonyl (C=O) groups excluding carboxylic acids is 1. The maximum absolute atomic E-state index is 12.6. The SMILES string of the molecule is COc1ccc(C(=O)N2CCN(Cc3noc(-c4cccs4)n3)CC2)cc1. The maximum Gasteiger partial charge on any atom is 0.268 e. The molecule has 1 aromatic carbocycles. The Kier molecular flexibility index (Phi) is 5.17. The zero-order chi connectivity index (χ0) is 18.6. The predicted molar refractivity (Wildman–Crippen MR) is 102 cm³/mol. The van der Waals surface area contributed by atoms with Gasteiger partial charge in [-0.15, -0.1) is 11.3 Å². The van der Waals surface area contributed by atoms with Gasteiger partial charge < -0.3 is 14.2 Å². The Hall–Kier alpha value is -2.71. The molecule has 0 aliphatic carbocycles. The van der Waals surface area contributed by atoms with Crippen molar-refractivity contribution in [2.75, 3.05) is 33.3 Å². The van der Waals surface area contributed by atoms with E-state index in [2.05, 4.69) is 15.0 Å². The minimum Gasteiger partial charge on any atom is -0.497 e. The Morgan fingerprint density at radius 2 is 1.96 bits per heavy atom. The molecule has 140 valence electrons. The van der Waals surface area contributed by atoms with E-state index in [0.717, 1.165) is 23.7 Å². The summed E-state index contributed by atoms with van der Waals surface area (Å²) in [6.07, 6.45) is 0. The van der Waals surface area contributed by atoms with Crippen LogP contribution < -0.4 is 4.74 Å². The first kappa shape index (κ1) is 17.7. The molecule has 0 radical (unpaired) electrons. The summed E-state index contributed by atoms with van der Waals surface area (Å²) in [7, 11) is 1.61. The summed E-state index contributed by atoms with van der Waals surface area (Å²) < 4.78 is 10.5. The Morgan fingerprint density at radius 1 is 1.19 bits per heavy atom. The van der Waals surface area contributed by atoms with Crippen LogP contribution in [0.4, 0.5) is 0 Å². The van der Waals surface area contributed by atoms with Crippen molar-refractivity contribution in [3.63, 3.8) is 0 Å². The predicted octanol–water partition coefficient (Wildman–Crippen LogP) is 2.76. The first-order chi connectivity index (χ1) is 13.2. The molecular weight excluding hydrogens is 364 g/mol. The van der Waals surface area contributed by atoms with Crippen LogP contribution >= 0.6 is 11.3 Å². The third-order valence-corrected chi connectivity index (χ3v) is 5.42. The van der Waals surface area contributed by atoms with E-state index in [1.54, 1.807) is 30.6 Å². The second kappa shape index (κ2) is 7.89.